The maximum absolute atomic E-state index is 11.8. The van der Waals surface area contributed by atoms with Crippen LogP contribution in [0.2, 0.25) is 0 Å². The highest BCUT2D eigenvalue weighted by molar-refractivity contribution is 7.86. The minimum atomic E-state index is -1.41. The Morgan fingerprint density at radius 2 is 2.38 bits per heavy atom. The molecule has 0 saturated carbocycles. The number of anilines is 1. The number of carbonyl (C=O) groups excluding carboxylic acids is 1. The Morgan fingerprint density at radius 1 is 1.62 bits per heavy atom. The monoisotopic (exact) mass is 241 g/mol. The van der Waals surface area contributed by atoms with Gasteiger partial charge in [-0.15, -0.1) is 0 Å². The van der Waals surface area contributed by atoms with Crippen LogP contribution in [0.5, 0.6) is 0 Å². The van der Waals surface area contributed by atoms with Crippen molar-refractivity contribution in [1.82, 2.24) is 10.3 Å². The Balaban J connectivity index is 2.59. The van der Waals surface area contributed by atoms with E-state index in [1.54, 1.807) is 6.07 Å². The first-order valence-electron chi connectivity index (χ1n) is 4.99. The Labute approximate surface area is 96.9 Å². The smallest absolute Gasteiger partial charge is 0.233 e. The zero-order valence-electron chi connectivity index (χ0n) is 9.10. The Bertz CT molecular complexity index is 395. The lowest BCUT2D eigenvalue weighted by Gasteiger charge is -2.05. The summed E-state index contributed by atoms with van der Waals surface area (Å²) in [6.07, 6.45) is 3.79. The summed E-state index contributed by atoms with van der Waals surface area (Å²) in [7, 11) is -1.41. The van der Waals surface area contributed by atoms with Crippen LogP contribution in [0.15, 0.2) is 23.4 Å². The minimum Gasteiger partial charge on any atom is -0.396 e. The van der Waals surface area contributed by atoms with Crippen LogP contribution in [-0.2, 0) is 15.6 Å². The molecule has 3 N–H and O–H groups in total. The summed E-state index contributed by atoms with van der Waals surface area (Å²) in [5.41, 5.74) is 5.96. The van der Waals surface area contributed by atoms with E-state index in [0.29, 0.717) is 17.1 Å². The van der Waals surface area contributed by atoms with E-state index >= 15 is 0 Å². The molecule has 5 nitrogen and oxygen atoms in total. The van der Waals surface area contributed by atoms with Crippen LogP contribution in [-0.4, -0.2) is 27.4 Å². The first kappa shape index (κ1) is 12.6. The standard InChI is InChI=1S/C10H15N3O2S/c1-2-4-13-10(14)7-16(15)9-3-5-12-6-8(9)11/h3,5-6H,2,4,7,11H2,1H3,(H,13,14). The molecular formula is C10H15N3O2S. The van der Waals surface area contributed by atoms with Crippen molar-refractivity contribution < 1.29 is 9.00 Å². The molecule has 0 saturated heterocycles. The van der Waals surface area contributed by atoms with Crippen molar-refractivity contribution in [3.63, 3.8) is 0 Å². The quantitative estimate of drug-likeness (QED) is 0.776. The van der Waals surface area contributed by atoms with Crippen molar-refractivity contribution in [2.45, 2.75) is 18.2 Å². The number of nitrogens with zero attached hydrogens (tertiary/aromatic N) is 1. The van der Waals surface area contributed by atoms with Crippen LogP contribution in [0.4, 0.5) is 5.69 Å². The normalized spacial score (nSPS) is 12.1. The Kier molecular flexibility index (Phi) is 4.91. The van der Waals surface area contributed by atoms with Gasteiger partial charge in [0.2, 0.25) is 5.91 Å². The topological polar surface area (TPSA) is 85.1 Å². The van der Waals surface area contributed by atoms with Crippen molar-refractivity contribution >= 4 is 22.4 Å². The SMILES string of the molecule is CCCNC(=O)CS(=O)c1ccncc1N. The van der Waals surface area contributed by atoms with Crippen molar-refractivity contribution in [2.75, 3.05) is 18.0 Å². The first-order chi connectivity index (χ1) is 7.65. The number of nitrogens with one attached hydrogen (secondary N) is 1. The maximum atomic E-state index is 11.8. The highest BCUT2D eigenvalue weighted by Crippen LogP contribution is 2.13. The van der Waals surface area contributed by atoms with Crippen LogP contribution >= 0.6 is 0 Å². The molecule has 1 heterocycles. The van der Waals surface area contributed by atoms with E-state index in [9.17, 15) is 9.00 Å². The summed E-state index contributed by atoms with van der Waals surface area (Å²) >= 11 is 0. The summed E-state index contributed by atoms with van der Waals surface area (Å²) < 4.78 is 11.8. The fourth-order valence-electron chi connectivity index (χ4n) is 1.11. The van der Waals surface area contributed by atoms with E-state index < -0.39 is 10.8 Å². The van der Waals surface area contributed by atoms with Gasteiger partial charge in [0.05, 0.1) is 27.6 Å². The highest BCUT2D eigenvalue weighted by atomic mass is 32.2. The van der Waals surface area contributed by atoms with Crippen LogP contribution in [0, 0.1) is 0 Å². The molecule has 0 spiro atoms. The van der Waals surface area contributed by atoms with Crippen molar-refractivity contribution in [2.24, 2.45) is 0 Å². The molecule has 1 rings (SSSR count). The van der Waals surface area contributed by atoms with E-state index in [2.05, 4.69) is 10.3 Å². The van der Waals surface area contributed by atoms with Crippen molar-refractivity contribution in [1.29, 1.82) is 0 Å². The van der Waals surface area contributed by atoms with E-state index in [1.165, 1.54) is 12.4 Å². The van der Waals surface area contributed by atoms with Gasteiger partial charge in [0.1, 0.15) is 5.75 Å². The van der Waals surface area contributed by atoms with Crippen molar-refractivity contribution in [3.05, 3.63) is 18.5 Å². The summed E-state index contributed by atoms with van der Waals surface area (Å²) in [4.78, 5) is 15.6. The van der Waals surface area contributed by atoms with E-state index in [4.69, 9.17) is 5.73 Å². The highest BCUT2D eigenvalue weighted by Gasteiger charge is 2.11. The zero-order valence-corrected chi connectivity index (χ0v) is 9.92. The molecule has 88 valence electrons. The Hall–Kier alpha value is -1.43. The molecule has 0 aliphatic heterocycles. The predicted molar refractivity (Wildman–Crippen MR) is 63.2 cm³/mol. The fraction of sp³-hybridized carbons (Fsp3) is 0.400. The van der Waals surface area contributed by atoms with Crippen molar-refractivity contribution in [3.8, 4) is 0 Å². The largest absolute Gasteiger partial charge is 0.396 e. The number of rotatable bonds is 5. The third kappa shape index (κ3) is 3.62. The molecular weight excluding hydrogens is 226 g/mol. The maximum Gasteiger partial charge on any atom is 0.233 e. The second-order valence-corrected chi connectivity index (χ2v) is 4.67. The molecule has 1 atom stereocenters. The average Bonchev–Trinajstić information content (AvgIpc) is 2.26. The lowest BCUT2D eigenvalue weighted by Crippen LogP contribution is -2.29. The second kappa shape index (κ2) is 6.22. The Morgan fingerprint density at radius 3 is 3.00 bits per heavy atom. The molecule has 0 aliphatic rings. The molecule has 0 aromatic carbocycles. The third-order valence-corrected chi connectivity index (χ3v) is 3.28. The van der Waals surface area contributed by atoms with E-state index in [1.807, 2.05) is 6.92 Å². The fourth-order valence-corrected chi connectivity index (χ4v) is 2.14. The van der Waals surface area contributed by atoms with Gasteiger partial charge in [0, 0.05) is 12.7 Å². The molecule has 16 heavy (non-hydrogen) atoms. The first-order valence-corrected chi connectivity index (χ1v) is 6.31. The molecule has 0 fully saturated rings. The molecule has 1 aromatic rings. The molecule has 0 radical (unpaired) electrons. The van der Waals surface area contributed by atoms with E-state index in [-0.39, 0.29) is 11.7 Å². The van der Waals surface area contributed by atoms with Crippen LogP contribution in [0.3, 0.4) is 0 Å². The van der Waals surface area contributed by atoms with Crippen LogP contribution in [0.25, 0.3) is 0 Å². The summed E-state index contributed by atoms with van der Waals surface area (Å²) in [5.74, 6) is -0.287. The van der Waals surface area contributed by atoms with Gasteiger partial charge in [-0.1, -0.05) is 6.92 Å². The number of hydrogen-bond acceptors (Lipinski definition) is 4. The lowest BCUT2D eigenvalue weighted by molar-refractivity contribution is -0.118. The number of amides is 1. The van der Waals surface area contributed by atoms with Gasteiger partial charge in [-0.25, -0.2) is 0 Å². The predicted octanol–water partition coefficient (Wildman–Crippen LogP) is 0.298. The second-order valence-electron chi connectivity index (χ2n) is 3.25. The molecule has 0 aliphatic carbocycles. The number of nitrogens with two attached hydrogens (primary N) is 1. The van der Waals surface area contributed by atoms with Crippen LogP contribution in [0.1, 0.15) is 13.3 Å². The number of pyridine rings is 1. The molecule has 1 aromatic heterocycles. The summed E-state index contributed by atoms with van der Waals surface area (Å²) in [5, 5.41) is 2.66. The zero-order chi connectivity index (χ0) is 12.0. The van der Waals surface area contributed by atoms with Gasteiger partial charge in [-0.3, -0.25) is 14.0 Å². The lowest BCUT2D eigenvalue weighted by atomic mass is 10.4. The molecule has 1 amide bonds. The van der Waals surface area contributed by atoms with Gasteiger partial charge in [0.15, 0.2) is 0 Å². The summed E-state index contributed by atoms with van der Waals surface area (Å²) in [6, 6.07) is 1.57. The van der Waals surface area contributed by atoms with Gasteiger partial charge in [-0.05, 0) is 12.5 Å². The van der Waals surface area contributed by atoms with E-state index in [0.717, 1.165) is 6.42 Å². The minimum absolute atomic E-state index is 0.0613. The molecule has 1 unspecified atom stereocenters. The van der Waals surface area contributed by atoms with Gasteiger partial charge in [0.25, 0.3) is 0 Å². The molecule has 6 heteroatoms. The summed E-state index contributed by atoms with van der Waals surface area (Å²) in [6.45, 7) is 2.56. The molecule has 0 bridgehead atoms. The number of hydrogen-bond donors (Lipinski definition) is 2. The average molecular weight is 241 g/mol. The number of carbonyl (C=O) groups is 1. The van der Waals surface area contributed by atoms with Gasteiger partial charge >= 0.3 is 0 Å². The van der Waals surface area contributed by atoms with Gasteiger partial charge < -0.3 is 11.1 Å². The van der Waals surface area contributed by atoms with Gasteiger partial charge in [-0.2, -0.15) is 0 Å². The third-order valence-electron chi connectivity index (χ3n) is 1.89. The number of aromatic nitrogens is 1. The number of nitrogen functional groups attached to an aromatic ring is 1. The van der Waals surface area contributed by atoms with Crippen LogP contribution < -0.4 is 11.1 Å².